The molecular formula is C23H31N3O5S. The zero-order valence-electron chi connectivity index (χ0n) is 19.3. The molecule has 2 aromatic rings. The zero-order chi connectivity index (χ0) is 23.6. The molecule has 1 aromatic heterocycles. The second kappa shape index (κ2) is 9.56. The van der Waals surface area contributed by atoms with E-state index in [0.29, 0.717) is 59.5 Å². The SMILES string of the molecule is COC(=O)c1c(C)[nH]c(C(=O)CN2CCN(S(=O)(=O)c3ccc(C(C)C)cc3)CC2)c1C. The first-order valence-electron chi connectivity index (χ1n) is 10.7. The van der Waals surface area contributed by atoms with Crippen molar-refractivity contribution in [1.29, 1.82) is 0 Å². The van der Waals surface area contributed by atoms with Gasteiger partial charge in [0.05, 0.1) is 29.8 Å². The number of esters is 1. The number of carbonyl (C=O) groups excluding carboxylic acids is 2. The van der Waals surface area contributed by atoms with E-state index < -0.39 is 16.0 Å². The Morgan fingerprint density at radius 3 is 2.19 bits per heavy atom. The lowest BCUT2D eigenvalue weighted by molar-refractivity contribution is 0.0599. The number of benzene rings is 1. The van der Waals surface area contributed by atoms with E-state index in [-0.39, 0.29) is 12.3 Å². The molecule has 0 spiro atoms. The van der Waals surface area contributed by atoms with Crippen LogP contribution in [0.5, 0.6) is 0 Å². The summed E-state index contributed by atoms with van der Waals surface area (Å²) < 4.78 is 32.2. The maximum Gasteiger partial charge on any atom is 0.339 e. The Morgan fingerprint density at radius 2 is 1.66 bits per heavy atom. The molecule has 1 fully saturated rings. The van der Waals surface area contributed by atoms with Crippen LogP contribution in [0, 0.1) is 13.8 Å². The molecule has 1 saturated heterocycles. The van der Waals surface area contributed by atoms with Crippen molar-refractivity contribution in [3.8, 4) is 0 Å². The Labute approximate surface area is 189 Å². The van der Waals surface area contributed by atoms with Crippen LogP contribution in [0.3, 0.4) is 0 Å². The van der Waals surface area contributed by atoms with Crippen LogP contribution in [0.4, 0.5) is 0 Å². The summed E-state index contributed by atoms with van der Waals surface area (Å²) in [6.45, 7) is 9.28. The third-order valence-corrected chi connectivity index (χ3v) is 7.90. The predicted octanol–water partition coefficient (Wildman–Crippen LogP) is 2.73. The maximum absolute atomic E-state index is 13.0. The number of sulfonamides is 1. The van der Waals surface area contributed by atoms with Crippen LogP contribution < -0.4 is 0 Å². The number of Topliss-reactive ketones (excluding diaryl/α,β-unsaturated/α-hetero) is 1. The maximum atomic E-state index is 13.0. The molecule has 0 atom stereocenters. The number of nitrogens with one attached hydrogen (secondary N) is 1. The average Bonchev–Trinajstić information content (AvgIpc) is 3.07. The molecule has 0 bridgehead atoms. The Bertz CT molecular complexity index is 1100. The topological polar surface area (TPSA) is 99.8 Å². The molecule has 0 aliphatic carbocycles. The minimum Gasteiger partial charge on any atom is -0.465 e. The average molecular weight is 462 g/mol. The van der Waals surface area contributed by atoms with Crippen LogP contribution in [-0.2, 0) is 14.8 Å². The molecule has 1 aromatic carbocycles. The van der Waals surface area contributed by atoms with Gasteiger partial charge in [0.2, 0.25) is 10.0 Å². The molecule has 1 N–H and O–H groups in total. The lowest BCUT2D eigenvalue weighted by Crippen LogP contribution is -2.49. The van der Waals surface area contributed by atoms with Crippen LogP contribution >= 0.6 is 0 Å². The van der Waals surface area contributed by atoms with Crippen LogP contribution in [0.1, 0.15) is 57.4 Å². The normalized spacial score (nSPS) is 15.8. The molecule has 0 radical (unpaired) electrons. The number of methoxy groups -OCH3 is 1. The molecule has 2 heterocycles. The molecule has 1 aliphatic rings. The molecule has 1 aliphatic heterocycles. The van der Waals surface area contributed by atoms with Crippen molar-refractivity contribution in [2.24, 2.45) is 0 Å². The summed E-state index contributed by atoms with van der Waals surface area (Å²) in [5, 5.41) is 0. The van der Waals surface area contributed by atoms with Gasteiger partial charge in [-0.25, -0.2) is 13.2 Å². The zero-order valence-corrected chi connectivity index (χ0v) is 20.1. The number of carbonyl (C=O) groups is 2. The van der Waals surface area contributed by atoms with Gasteiger partial charge in [-0.15, -0.1) is 0 Å². The molecule has 0 amide bonds. The van der Waals surface area contributed by atoms with Crippen molar-refractivity contribution >= 4 is 21.8 Å². The van der Waals surface area contributed by atoms with Gasteiger partial charge in [-0.3, -0.25) is 9.69 Å². The first kappa shape index (κ1) is 24.2. The Morgan fingerprint density at radius 1 is 1.06 bits per heavy atom. The molecule has 32 heavy (non-hydrogen) atoms. The fraction of sp³-hybridized carbons (Fsp3) is 0.478. The molecule has 174 valence electrons. The van der Waals surface area contributed by atoms with Crippen molar-refractivity contribution in [2.45, 2.75) is 38.5 Å². The largest absolute Gasteiger partial charge is 0.465 e. The molecule has 8 nitrogen and oxygen atoms in total. The third kappa shape index (κ3) is 4.79. The fourth-order valence-corrected chi connectivity index (χ4v) is 5.44. The number of nitrogens with zero attached hydrogens (tertiary/aromatic N) is 2. The number of ketones is 1. The smallest absolute Gasteiger partial charge is 0.339 e. The highest BCUT2D eigenvalue weighted by Gasteiger charge is 2.30. The van der Waals surface area contributed by atoms with Crippen LogP contribution in [0.25, 0.3) is 0 Å². The summed E-state index contributed by atoms with van der Waals surface area (Å²) in [5.74, 6) is -0.277. The number of ether oxygens (including phenoxy) is 1. The fourth-order valence-electron chi connectivity index (χ4n) is 4.02. The highest BCUT2D eigenvalue weighted by Crippen LogP contribution is 2.22. The number of H-pyrrole nitrogens is 1. The quantitative estimate of drug-likeness (QED) is 0.503. The van der Waals surface area contributed by atoms with E-state index >= 15 is 0 Å². The van der Waals surface area contributed by atoms with Gasteiger partial charge in [-0.1, -0.05) is 26.0 Å². The summed E-state index contributed by atoms with van der Waals surface area (Å²) in [5.41, 5.74) is 3.04. The standard InChI is InChI=1S/C23H31N3O5S/c1-15(2)18-6-8-19(9-7-18)32(29,30)26-12-10-25(11-13-26)14-20(27)22-16(3)21(17(4)24-22)23(28)31-5/h6-9,15,24H,10-14H2,1-5H3. The van der Waals surface area contributed by atoms with E-state index in [1.807, 2.05) is 17.0 Å². The molecule has 9 heteroatoms. The molecule has 0 saturated carbocycles. The van der Waals surface area contributed by atoms with Gasteiger partial charge >= 0.3 is 5.97 Å². The first-order chi connectivity index (χ1) is 15.1. The van der Waals surface area contributed by atoms with Gasteiger partial charge in [0, 0.05) is 31.9 Å². The summed E-state index contributed by atoms with van der Waals surface area (Å²) >= 11 is 0. The van der Waals surface area contributed by atoms with E-state index in [1.165, 1.54) is 11.4 Å². The van der Waals surface area contributed by atoms with Crippen molar-refractivity contribution in [3.05, 3.63) is 52.3 Å². The Kier molecular flexibility index (Phi) is 7.22. The summed E-state index contributed by atoms with van der Waals surface area (Å²) in [4.78, 5) is 30.0. The predicted molar refractivity (Wildman–Crippen MR) is 122 cm³/mol. The lowest BCUT2D eigenvalue weighted by atomic mass is 10.0. The first-order valence-corrected chi connectivity index (χ1v) is 12.1. The van der Waals surface area contributed by atoms with Gasteiger partial charge in [0.15, 0.2) is 5.78 Å². The van der Waals surface area contributed by atoms with Gasteiger partial charge < -0.3 is 9.72 Å². The second-order valence-corrected chi connectivity index (χ2v) is 10.4. The van der Waals surface area contributed by atoms with Gasteiger partial charge in [0.25, 0.3) is 0 Å². The van der Waals surface area contributed by atoms with Crippen molar-refractivity contribution < 1.29 is 22.7 Å². The second-order valence-electron chi connectivity index (χ2n) is 8.44. The third-order valence-electron chi connectivity index (χ3n) is 5.99. The van der Waals surface area contributed by atoms with Crippen molar-refractivity contribution in [2.75, 3.05) is 39.8 Å². The van der Waals surface area contributed by atoms with Gasteiger partial charge in [-0.05, 0) is 43.0 Å². The minimum atomic E-state index is -3.57. The lowest BCUT2D eigenvalue weighted by Gasteiger charge is -2.33. The highest BCUT2D eigenvalue weighted by molar-refractivity contribution is 7.89. The number of aromatic amines is 1. The van der Waals surface area contributed by atoms with E-state index in [2.05, 4.69) is 18.8 Å². The van der Waals surface area contributed by atoms with E-state index in [9.17, 15) is 18.0 Å². The number of aromatic nitrogens is 1. The van der Waals surface area contributed by atoms with Gasteiger partial charge in [0.1, 0.15) is 0 Å². The van der Waals surface area contributed by atoms with Crippen molar-refractivity contribution in [3.63, 3.8) is 0 Å². The number of hydrogen-bond donors (Lipinski definition) is 1. The van der Waals surface area contributed by atoms with Crippen LogP contribution in [-0.4, -0.2) is 74.2 Å². The summed E-state index contributed by atoms with van der Waals surface area (Å²) in [6.07, 6.45) is 0. The molecular weight excluding hydrogens is 430 g/mol. The highest BCUT2D eigenvalue weighted by atomic mass is 32.2. The Balaban J connectivity index is 1.63. The van der Waals surface area contributed by atoms with E-state index in [0.717, 1.165) is 5.56 Å². The van der Waals surface area contributed by atoms with E-state index in [4.69, 9.17) is 4.74 Å². The van der Waals surface area contributed by atoms with E-state index in [1.54, 1.807) is 26.0 Å². The van der Waals surface area contributed by atoms with Crippen LogP contribution in [0.15, 0.2) is 29.2 Å². The summed E-state index contributed by atoms with van der Waals surface area (Å²) in [6, 6.07) is 7.04. The monoisotopic (exact) mass is 461 g/mol. The van der Waals surface area contributed by atoms with Crippen molar-refractivity contribution in [1.82, 2.24) is 14.2 Å². The number of aryl methyl sites for hydroxylation is 1. The number of piperazine rings is 1. The van der Waals surface area contributed by atoms with Gasteiger partial charge in [-0.2, -0.15) is 4.31 Å². The summed E-state index contributed by atoms with van der Waals surface area (Å²) in [7, 11) is -2.26. The Hall–Kier alpha value is -2.49. The minimum absolute atomic E-state index is 0.138. The van der Waals surface area contributed by atoms with Crippen LogP contribution in [0.2, 0.25) is 0 Å². The number of rotatable bonds is 7. The number of hydrogen-bond acceptors (Lipinski definition) is 6. The molecule has 0 unspecified atom stereocenters. The molecule has 3 rings (SSSR count).